The molecule has 1 aliphatic rings. The highest BCUT2D eigenvalue weighted by atomic mass is 16.5. The zero-order valence-corrected chi connectivity index (χ0v) is 16.1. The molecule has 2 heterocycles. The van der Waals surface area contributed by atoms with E-state index in [1.54, 1.807) is 6.92 Å². The number of piperazine rings is 1. The number of ether oxygens (including phenoxy) is 1. The van der Waals surface area contributed by atoms with Crippen LogP contribution in [-0.4, -0.2) is 71.4 Å². The predicted octanol–water partition coefficient (Wildman–Crippen LogP) is 1.85. The van der Waals surface area contributed by atoms with Crippen LogP contribution < -0.4 is 4.90 Å². The first kappa shape index (κ1) is 20.0. The van der Waals surface area contributed by atoms with Crippen LogP contribution in [0.4, 0.5) is 5.95 Å². The first-order chi connectivity index (χ1) is 13.7. The minimum absolute atomic E-state index is 0.0190. The number of aromatic nitrogens is 2. The van der Waals surface area contributed by atoms with Crippen LogP contribution in [-0.2, 0) is 4.74 Å². The minimum atomic E-state index is -0.408. The SMILES string of the molecule is CCOC(=O)c1cnc(N2CCN(C(/C=C/c3ccccc3)CO)CC2)nc1. The molecule has 148 valence electrons. The average Bonchev–Trinajstić information content (AvgIpc) is 2.76. The molecule has 1 aromatic heterocycles. The Morgan fingerprint density at radius 2 is 1.86 bits per heavy atom. The highest BCUT2D eigenvalue weighted by molar-refractivity contribution is 5.88. The third-order valence-corrected chi connectivity index (χ3v) is 4.71. The maximum atomic E-state index is 11.7. The van der Waals surface area contributed by atoms with Gasteiger partial charge in [-0.3, -0.25) is 4.90 Å². The van der Waals surface area contributed by atoms with Crippen molar-refractivity contribution < 1.29 is 14.6 Å². The van der Waals surface area contributed by atoms with Crippen molar-refractivity contribution in [3.8, 4) is 0 Å². The second-order valence-corrected chi connectivity index (χ2v) is 6.53. The Morgan fingerprint density at radius 1 is 1.18 bits per heavy atom. The van der Waals surface area contributed by atoms with Crippen molar-refractivity contribution in [2.75, 3.05) is 44.3 Å². The first-order valence-corrected chi connectivity index (χ1v) is 9.53. The molecule has 0 bridgehead atoms. The van der Waals surface area contributed by atoms with Crippen molar-refractivity contribution in [2.24, 2.45) is 0 Å². The first-order valence-electron chi connectivity index (χ1n) is 9.53. The van der Waals surface area contributed by atoms with Crippen molar-refractivity contribution in [3.05, 3.63) is 59.9 Å². The third-order valence-electron chi connectivity index (χ3n) is 4.71. The van der Waals surface area contributed by atoms with Gasteiger partial charge in [-0.2, -0.15) is 0 Å². The van der Waals surface area contributed by atoms with Gasteiger partial charge < -0.3 is 14.7 Å². The zero-order chi connectivity index (χ0) is 19.8. The number of esters is 1. The lowest BCUT2D eigenvalue weighted by Gasteiger charge is -2.37. The van der Waals surface area contributed by atoms with Gasteiger partial charge in [0, 0.05) is 38.6 Å². The summed E-state index contributed by atoms with van der Waals surface area (Å²) in [7, 11) is 0. The van der Waals surface area contributed by atoms with E-state index in [2.05, 4.69) is 25.8 Å². The van der Waals surface area contributed by atoms with Gasteiger partial charge in [0.2, 0.25) is 5.95 Å². The molecule has 0 amide bonds. The second kappa shape index (κ2) is 9.96. The number of rotatable bonds is 7. The maximum absolute atomic E-state index is 11.7. The average molecular weight is 382 g/mol. The van der Waals surface area contributed by atoms with Gasteiger partial charge in [0.05, 0.1) is 24.8 Å². The van der Waals surface area contributed by atoms with Crippen LogP contribution in [0.2, 0.25) is 0 Å². The molecule has 0 radical (unpaired) electrons. The van der Waals surface area contributed by atoms with Gasteiger partial charge in [-0.15, -0.1) is 0 Å². The van der Waals surface area contributed by atoms with Gasteiger partial charge in [0.1, 0.15) is 0 Å². The molecule has 1 aliphatic heterocycles. The molecular formula is C21H26N4O3. The van der Waals surface area contributed by atoms with E-state index < -0.39 is 5.97 Å². The summed E-state index contributed by atoms with van der Waals surface area (Å²) in [6.07, 6.45) is 7.11. The van der Waals surface area contributed by atoms with E-state index in [9.17, 15) is 9.90 Å². The van der Waals surface area contributed by atoms with Gasteiger partial charge in [0.25, 0.3) is 0 Å². The summed E-state index contributed by atoms with van der Waals surface area (Å²) in [4.78, 5) is 24.6. The summed E-state index contributed by atoms with van der Waals surface area (Å²) in [5.74, 6) is 0.197. The van der Waals surface area contributed by atoms with Crippen molar-refractivity contribution >= 4 is 18.0 Å². The van der Waals surface area contributed by atoms with E-state index in [0.717, 1.165) is 31.7 Å². The van der Waals surface area contributed by atoms with Gasteiger partial charge in [-0.05, 0) is 12.5 Å². The maximum Gasteiger partial charge on any atom is 0.341 e. The minimum Gasteiger partial charge on any atom is -0.462 e. The molecule has 28 heavy (non-hydrogen) atoms. The summed E-state index contributed by atoms with van der Waals surface area (Å²) < 4.78 is 4.95. The lowest BCUT2D eigenvalue weighted by atomic mass is 10.1. The molecule has 1 atom stereocenters. The molecule has 1 aromatic carbocycles. The predicted molar refractivity (Wildman–Crippen MR) is 108 cm³/mol. The van der Waals surface area contributed by atoms with Gasteiger partial charge in [0.15, 0.2) is 0 Å². The highest BCUT2D eigenvalue weighted by Crippen LogP contribution is 2.14. The van der Waals surface area contributed by atoms with E-state index in [4.69, 9.17) is 4.74 Å². The van der Waals surface area contributed by atoms with E-state index in [-0.39, 0.29) is 12.6 Å². The molecular weight excluding hydrogens is 356 g/mol. The smallest absolute Gasteiger partial charge is 0.341 e. The van der Waals surface area contributed by atoms with E-state index in [0.29, 0.717) is 18.1 Å². The largest absolute Gasteiger partial charge is 0.462 e. The molecule has 1 fully saturated rings. The molecule has 0 spiro atoms. The number of hydrogen-bond donors (Lipinski definition) is 1. The Morgan fingerprint density at radius 3 is 2.46 bits per heavy atom. The Bertz CT molecular complexity index is 772. The third kappa shape index (κ3) is 5.15. The summed E-state index contributed by atoms with van der Waals surface area (Å²) in [6.45, 7) is 5.28. The number of hydrogen-bond acceptors (Lipinski definition) is 7. The van der Waals surface area contributed by atoms with Gasteiger partial charge in [-0.1, -0.05) is 42.5 Å². The summed E-state index contributed by atoms with van der Waals surface area (Å²) in [6, 6.07) is 10.1. The van der Waals surface area contributed by atoms with Crippen LogP contribution in [0.15, 0.2) is 48.8 Å². The standard InChI is InChI=1S/C21H26N4O3/c1-2-28-20(27)18-14-22-21(23-15-18)25-12-10-24(11-13-25)19(16-26)9-8-17-6-4-3-5-7-17/h3-9,14-15,19,26H,2,10-13,16H2,1H3/b9-8+. The van der Waals surface area contributed by atoms with E-state index >= 15 is 0 Å². The number of benzene rings is 1. The molecule has 1 unspecified atom stereocenters. The molecule has 1 N–H and O–H groups in total. The Kier molecular flexibility index (Phi) is 7.11. The zero-order valence-electron chi connectivity index (χ0n) is 16.1. The number of aliphatic hydroxyl groups excluding tert-OH is 1. The van der Waals surface area contributed by atoms with Crippen molar-refractivity contribution in [1.82, 2.24) is 14.9 Å². The summed E-state index contributed by atoms with van der Waals surface area (Å²) in [5, 5.41) is 9.79. The van der Waals surface area contributed by atoms with Crippen molar-refractivity contribution in [1.29, 1.82) is 0 Å². The fourth-order valence-electron chi connectivity index (χ4n) is 3.14. The molecule has 0 aliphatic carbocycles. The Hall–Kier alpha value is -2.77. The van der Waals surface area contributed by atoms with E-state index in [1.165, 1.54) is 12.4 Å². The monoisotopic (exact) mass is 382 g/mol. The number of nitrogens with zero attached hydrogens (tertiary/aromatic N) is 4. The quantitative estimate of drug-likeness (QED) is 0.732. The Labute approximate surface area is 165 Å². The highest BCUT2D eigenvalue weighted by Gasteiger charge is 2.23. The topological polar surface area (TPSA) is 78.8 Å². The van der Waals surface area contributed by atoms with Crippen LogP contribution in [0.3, 0.4) is 0 Å². The van der Waals surface area contributed by atoms with Crippen LogP contribution in [0, 0.1) is 0 Å². The second-order valence-electron chi connectivity index (χ2n) is 6.53. The lowest BCUT2D eigenvalue weighted by Crippen LogP contribution is -2.51. The lowest BCUT2D eigenvalue weighted by molar-refractivity contribution is 0.0525. The normalized spacial score (nSPS) is 16.3. The van der Waals surface area contributed by atoms with Gasteiger partial charge in [-0.25, -0.2) is 14.8 Å². The molecule has 1 saturated heterocycles. The molecule has 7 nitrogen and oxygen atoms in total. The van der Waals surface area contributed by atoms with Gasteiger partial charge >= 0.3 is 5.97 Å². The molecule has 3 rings (SSSR count). The summed E-state index contributed by atoms with van der Waals surface area (Å²) in [5.41, 5.74) is 1.48. The fraction of sp³-hybridized carbons (Fsp3) is 0.381. The number of carbonyl (C=O) groups is 1. The Balaban J connectivity index is 1.56. The van der Waals surface area contributed by atoms with Crippen LogP contribution in [0.5, 0.6) is 0 Å². The van der Waals surface area contributed by atoms with Crippen molar-refractivity contribution in [3.63, 3.8) is 0 Å². The molecule has 7 heteroatoms. The van der Waals surface area contributed by atoms with Crippen LogP contribution >= 0.6 is 0 Å². The van der Waals surface area contributed by atoms with E-state index in [1.807, 2.05) is 36.4 Å². The fourth-order valence-corrected chi connectivity index (χ4v) is 3.14. The number of carbonyl (C=O) groups excluding carboxylic acids is 1. The van der Waals surface area contributed by atoms with Crippen LogP contribution in [0.25, 0.3) is 6.08 Å². The number of aliphatic hydroxyl groups is 1. The van der Waals surface area contributed by atoms with Crippen molar-refractivity contribution in [2.45, 2.75) is 13.0 Å². The number of anilines is 1. The molecule has 0 saturated carbocycles. The van der Waals surface area contributed by atoms with Crippen LogP contribution in [0.1, 0.15) is 22.8 Å². The molecule has 2 aromatic rings. The summed E-state index contributed by atoms with van der Waals surface area (Å²) >= 11 is 0.